The van der Waals surface area contributed by atoms with E-state index in [0.717, 1.165) is 11.1 Å². The van der Waals surface area contributed by atoms with Crippen LogP contribution in [0.3, 0.4) is 0 Å². The van der Waals surface area contributed by atoms with Crippen LogP contribution in [0.25, 0.3) is 21.3 Å². The number of carboxylic acids is 1. The molecule has 0 aliphatic heterocycles. The summed E-state index contributed by atoms with van der Waals surface area (Å²) in [5, 5.41) is 11.6. The van der Waals surface area contributed by atoms with Crippen molar-refractivity contribution in [3.8, 4) is 16.9 Å². The van der Waals surface area contributed by atoms with Gasteiger partial charge in [-0.2, -0.15) is 0 Å². The number of furan rings is 1. The minimum Gasteiger partial charge on any atom is -0.497 e. The van der Waals surface area contributed by atoms with Crippen molar-refractivity contribution in [2.45, 2.75) is 26.3 Å². The zero-order valence-corrected chi connectivity index (χ0v) is 17.5. The monoisotopic (exact) mass is 424 g/mol. The van der Waals surface area contributed by atoms with Gasteiger partial charge < -0.3 is 14.3 Å². The summed E-state index contributed by atoms with van der Waals surface area (Å²) in [7, 11) is 1.60. The number of aromatic carboxylic acids is 1. The van der Waals surface area contributed by atoms with E-state index in [-0.39, 0.29) is 23.8 Å². The Labute approximate surface area is 176 Å². The van der Waals surface area contributed by atoms with Crippen molar-refractivity contribution in [1.82, 2.24) is 9.55 Å². The second-order valence-corrected chi connectivity index (χ2v) is 8.01. The fourth-order valence-corrected chi connectivity index (χ4v) is 4.32. The van der Waals surface area contributed by atoms with Gasteiger partial charge in [-0.25, -0.2) is 9.78 Å². The van der Waals surface area contributed by atoms with Crippen LogP contribution < -0.4 is 10.3 Å². The van der Waals surface area contributed by atoms with Crippen molar-refractivity contribution in [3.05, 3.63) is 69.5 Å². The molecule has 3 aromatic heterocycles. The van der Waals surface area contributed by atoms with Gasteiger partial charge in [0.2, 0.25) is 5.76 Å². The molecule has 0 amide bonds. The number of hydrogen-bond donors (Lipinski definition) is 1. The van der Waals surface area contributed by atoms with Crippen LogP contribution in [-0.2, 0) is 6.54 Å². The molecule has 30 heavy (non-hydrogen) atoms. The van der Waals surface area contributed by atoms with Crippen LogP contribution in [0.1, 0.15) is 41.9 Å². The number of hydrogen-bond acceptors (Lipinski definition) is 6. The molecule has 0 unspecified atom stereocenters. The fraction of sp³-hybridized carbons (Fsp3) is 0.227. The second-order valence-electron chi connectivity index (χ2n) is 7.15. The summed E-state index contributed by atoms with van der Waals surface area (Å²) >= 11 is 1.42. The summed E-state index contributed by atoms with van der Waals surface area (Å²) < 4.78 is 12.3. The molecule has 4 aromatic rings. The van der Waals surface area contributed by atoms with Crippen LogP contribution in [0, 0.1) is 0 Å². The zero-order chi connectivity index (χ0) is 21.4. The van der Waals surface area contributed by atoms with Crippen LogP contribution in [0.5, 0.6) is 5.75 Å². The molecule has 4 rings (SSSR count). The minimum atomic E-state index is -1.15. The molecule has 0 saturated carbocycles. The first-order valence-corrected chi connectivity index (χ1v) is 10.3. The Hall–Kier alpha value is -3.39. The van der Waals surface area contributed by atoms with Crippen LogP contribution in [-0.4, -0.2) is 27.7 Å². The molecule has 1 N–H and O–H groups in total. The predicted octanol–water partition coefficient (Wildman–Crippen LogP) is 4.60. The summed E-state index contributed by atoms with van der Waals surface area (Å²) in [5.74, 6) is 0.403. The van der Waals surface area contributed by atoms with Gasteiger partial charge >= 0.3 is 5.97 Å². The number of carboxylic acid groups (broad SMARTS) is 1. The molecular formula is C22H20N2O5S. The topological polar surface area (TPSA) is 94.6 Å². The van der Waals surface area contributed by atoms with Gasteiger partial charge in [-0.05, 0) is 29.8 Å². The van der Waals surface area contributed by atoms with E-state index < -0.39 is 5.97 Å². The largest absolute Gasteiger partial charge is 0.497 e. The zero-order valence-electron chi connectivity index (χ0n) is 16.7. The number of thiophene rings is 1. The van der Waals surface area contributed by atoms with Gasteiger partial charge in [-0.1, -0.05) is 26.0 Å². The highest BCUT2D eigenvalue weighted by atomic mass is 32.1. The average Bonchev–Trinajstić information content (AvgIpc) is 3.37. The lowest BCUT2D eigenvalue weighted by Gasteiger charge is -2.14. The van der Waals surface area contributed by atoms with Gasteiger partial charge in [0.15, 0.2) is 0 Å². The molecule has 0 bridgehead atoms. The van der Waals surface area contributed by atoms with Crippen LogP contribution in [0.4, 0.5) is 0 Å². The molecule has 0 fully saturated rings. The highest BCUT2D eigenvalue weighted by molar-refractivity contribution is 7.17. The Balaban J connectivity index is 1.89. The number of nitrogens with zero attached hydrogens (tertiary/aromatic N) is 2. The number of fused-ring (bicyclic) bond motifs is 1. The minimum absolute atomic E-state index is 0.00150. The normalized spacial score (nSPS) is 11.3. The molecule has 154 valence electrons. The molecule has 0 radical (unpaired) electrons. The number of carbonyl (C=O) groups is 1. The third kappa shape index (κ3) is 3.50. The van der Waals surface area contributed by atoms with Crippen molar-refractivity contribution < 1.29 is 19.1 Å². The van der Waals surface area contributed by atoms with E-state index in [9.17, 15) is 9.59 Å². The van der Waals surface area contributed by atoms with Crippen molar-refractivity contribution >= 4 is 27.5 Å². The molecule has 0 saturated heterocycles. The number of benzene rings is 1. The average molecular weight is 424 g/mol. The predicted molar refractivity (Wildman–Crippen MR) is 115 cm³/mol. The van der Waals surface area contributed by atoms with E-state index in [0.29, 0.717) is 27.6 Å². The highest BCUT2D eigenvalue weighted by Crippen LogP contribution is 2.33. The molecule has 8 heteroatoms. The first-order valence-electron chi connectivity index (χ1n) is 9.37. The van der Waals surface area contributed by atoms with Gasteiger partial charge in [0.1, 0.15) is 22.2 Å². The lowest BCUT2D eigenvalue weighted by atomic mass is 10.1. The quantitative estimate of drug-likeness (QED) is 0.486. The lowest BCUT2D eigenvalue weighted by molar-refractivity contribution is 0.0660. The Bertz CT molecular complexity index is 1300. The van der Waals surface area contributed by atoms with Gasteiger partial charge in [-0.3, -0.25) is 9.36 Å². The van der Waals surface area contributed by atoms with E-state index in [1.54, 1.807) is 17.7 Å². The van der Waals surface area contributed by atoms with E-state index in [4.69, 9.17) is 19.2 Å². The number of aromatic nitrogens is 2. The molecule has 0 atom stereocenters. The third-order valence-electron chi connectivity index (χ3n) is 4.81. The Morgan fingerprint density at radius 1 is 1.30 bits per heavy atom. The van der Waals surface area contributed by atoms with Crippen LogP contribution in [0.15, 0.2) is 51.0 Å². The van der Waals surface area contributed by atoms with Gasteiger partial charge in [0, 0.05) is 16.9 Å². The smallest absolute Gasteiger partial charge is 0.371 e. The second kappa shape index (κ2) is 7.79. The summed E-state index contributed by atoms with van der Waals surface area (Å²) in [4.78, 5) is 30.1. The number of rotatable bonds is 6. The Kier molecular flexibility index (Phi) is 5.17. The Morgan fingerprint density at radius 2 is 2.10 bits per heavy atom. The third-order valence-corrected chi connectivity index (χ3v) is 5.68. The van der Waals surface area contributed by atoms with E-state index in [1.807, 2.05) is 43.5 Å². The van der Waals surface area contributed by atoms with E-state index in [1.165, 1.54) is 17.4 Å². The molecule has 0 aliphatic carbocycles. The maximum absolute atomic E-state index is 13.5. The summed E-state index contributed by atoms with van der Waals surface area (Å²) in [6.07, 6.45) is 0. The summed E-state index contributed by atoms with van der Waals surface area (Å²) in [5.41, 5.74) is 1.48. The van der Waals surface area contributed by atoms with E-state index >= 15 is 0 Å². The molecule has 0 aliphatic rings. The lowest BCUT2D eigenvalue weighted by Crippen LogP contribution is -2.26. The summed E-state index contributed by atoms with van der Waals surface area (Å²) in [6, 6.07) is 10.5. The van der Waals surface area contributed by atoms with Gasteiger partial charge in [0.05, 0.1) is 19.0 Å². The molecule has 1 aromatic carbocycles. The summed E-state index contributed by atoms with van der Waals surface area (Å²) in [6.45, 7) is 4.03. The van der Waals surface area contributed by atoms with E-state index in [2.05, 4.69) is 0 Å². The molecule has 3 heterocycles. The number of ether oxygens (including phenoxy) is 1. The van der Waals surface area contributed by atoms with Crippen molar-refractivity contribution in [3.63, 3.8) is 0 Å². The Morgan fingerprint density at radius 3 is 2.77 bits per heavy atom. The van der Waals surface area contributed by atoms with Crippen LogP contribution >= 0.6 is 11.3 Å². The number of methoxy groups -OCH3 is 1. The van der Waals surface area contributed by atoms with Crippen LogP contribution in [0.2, 0.25) is 0 Å². The SMILES string of the molecule is COc1cccc(-c2csc3nc(C(C)C)n(Cc4ccc(C(=O)O)o4)c(=O)c23)c1. The van der Waals surface area contributed by atoms with Gasteiger partial charge in [-0.15, -0.1) is 11.3 Å². The highest BCUT2D eigenvalue weighted by Gasteiger charge is 2.20. The van der Waals surface area contributed by atoms with Crippen molar-refractivity contribution in [2.75, 3.05) is 7.11 Å². The van der Waals surface area contributed by atoms with Crippen molar-refractivity contribution in [2.24, 2.45) is 0 Å². The first-order chi connectivity index (χ1) is 14.4. The maximum Gasteiger partial charge on any atom is 0.371 e. The maximum atomic E-state index is 13.5. The fourth-order valence-electron chi connectivity index (χ4n) is 3.37. The molecule has 0 spiro atoms. The van der Waals surface area contributed by atoms with Crippen molar-refractivity contribution in [1.29, 1.82) is 0 Å². The molecule has 7 nitrogen and oxygen atoms in total. The first kappa shape index (κ1) is 19.9. The molecular weight excluding hydrogens is 404 g/mol. The standard InChI is InChI=1S/C22H20N2O5S/c1-12(2)19-23-20-18(16(11-30-20)13-5-4-6-14(9-13)28-3)21(25)24(19)10-15-7-8-17(29-15)22(26)27/h4-9,11-12H,10H2,1-3H3,(H,26,27). The van der Waals surface area contributed by atoms with Gasteiger partial charge in [0.25, 0.3) is 5.56 Å².